The molecule has 3 rings (SSSR count). The van der Waals surface area contributed by atoms with Crippen LogP contribution in [0.15, 0.2) is 18.2 Å². The van der Waals surface area contributed by atoms with Crippen LogP contribution in [0.2, 0.25) is 5.02 Å². The molecule has 1 saturated carbocycles. The monoisotopic (exact) mass is 379 g/mol. The first-order chi connectivity index (χ1) is 11.3. The molecule has 9 heteroatoms. The Morgan fingerprint density at radius 3 is 2.46 bits per heavy atom. The third-order valence-corrected chi connectivity index (χ3v) is 6.56. The number of ether oxygens (including phenoxy) is 2. The van der Waals surface area contributed by atoms with Crippen molar-refractivity contribution < 1.29 is 27.4 Å². The number of hydrogen-bond donors (Lipinski definition) is 2. The quantitative estimate of drug-likeness (QED) is 0.841. The maximum atomic E-state index is 13.1. The number of hydrogen-bond acceptors (Lipinski definition) is 5. The van der Waals surface area contributed by atoms with Crippen LogP contribution in [0.3, 0.4) is 0 Å². The smallest absolute Gasteiger partial charge is 0.235 e. The Morgan fingerprint density at radius 1 is 1.25 bits per heavy atom. The van der Waals surface area contributed by atoms with Crippen molar-refractivity contribution in [2.75, 3.05) is 17.9 Å². The maximum absolute atomic E-state index is 13.1. The molecule has 1 aromatic carbocycles. The van der Waals surface area contributed by atoms with E-state index >= 15 is 0 Å². The Bertz CT molecular complexity index is 696. The van der Waals surface area contributed by atoms with Gasteiger partial charge in [-0.2, -0.15) is 0 Å². The molecule has 0 atom stereocenters. The highest BCUT2D eigenvalue weighted by atomic mass is 35.5. The highest BCUT2D eigenvalue weighted by Crippen LogP contribution is 2.38. The number of sulfonamides is 1. The van der Waals surface area contributed by atoms with E-state index < -0.39 is 33.0 Å². The molecule has 2 N–H and O–H groups in total. The van der Waals surface area contributed by atoms with E-state index in [1.807, 2.05) is 0 Å². The first-order valence-electron chi connectivity index (χ1n) is 7.72. The first-order valence-corrected chi connectivity index (χ1v) is 9.65. The average molecular weight is 380 g/mol. The highest BCUT2D eigenvalue weighted by molar-refractivity contribution is 7.93. The fraction of sp³-hybridized carbons (Fsp3) is 0.600. The molecule has 0 aromatic heterocycles. The number of halogens is 2. The SMILES string of the molecule is O=S(=O)(Nc1ccc(F)cc1Cl)C1CCC2(CC1)OCC(O)CO2. The van der Waals surface area contributed by atoms with Crippen LogP contribution in [0.5, 0.6) is 0 Å². The lowest BCUT2D eigenvalue weighted by atomic mass is 9.93. The van der Waals surface area contributed by atoms with Crippen molar-refractivity contribution in [3.63, 3.8) is 0 Å². The number of aliphatic hydroxyl groups is 1. The van der Waals surface area contributed by atoms with Crippen molar-refractivity contribution in [3.05, 3.63) is 29.0 Å². The molecule has 1 aliphatic heterocycles. The fourth-order valence-electron chi connectivity index (χ4n) is 3.02. The second-order valence-electron chi connectivity index (χ2n) is 6.16. The van der Waals surface area contributed by atoms with Gasteiger partial charge in [-0.05, 0) is 31.0 Å². The summed E-state index contributed by atoms with van der Waals surface area (Å²) < 4.78 is 51.7. The van der Waals surface area contributed by atoms with Crippen molar-refractivity contribution in [3.8, 4) is 0 Å². The Hall–Kier alpha value is -0.930. The lowest BCUT2D eigenvalue weighted by Crippen LogP contribution is -2.50. The van der Waals surface area contributed by atoms with Crippen molar-refractivity contribution >= 4 is 27.3 Å². The highest BCUT2D eigenvalue weighted by Gasteiger charge is 2.43. The number of rotatable bonds is 3. The summed E-state index contributed by atoms with van der Waals surface area (Å²) in [7, 11) is -3.66. The van der Waals surface area contributed by atoms with Gasteiger partial charge in [-0.25, -0.2) is 12.8 Å². The molecule has 2 fully saturated rings. The molecule has 134 valence electrons. The molecule has 0 bridgehead atoms. The summed E-state index contributed by atoms with van der Waals surface area (Å²) in [5, 5.41) is 8.82. The summed E-state index contributed by atoms with van der Waals surface area (Å²) in [6.45, 7) is 0.391. The normalized spacial score (nSPS) is 31.1. The van der Waals surface area contributed by atoms with Gasteiger partial charge in [0.1, 0.15) is 11.9 Å². The van der Waals surface area contributed by atoms with E-state index in [4.69, 9.17) is 21.1 Å². The molecule has 2 aliphatic rings. The molecule has 1 saturated heterocycles. The molecule has 0 unspecified atom stereocenters. The van der Waals surface area contributed by atoms with Gasteiger partial charge in [-0.15, -0.1) is 0 Å². The lowest BCUT2D eigenvalue weighted by Gasteiger charge is -2.43. The van der Waals surface area contributed by atoms with Gasteiger partial charge >= 0.3 is 0 Å². The van der Waals surface area contributed by atoms with Crippen LogP contribution in [0.25, 0.3) is 0 Å². The van der Waals surface area contributed by atoms with Crippen LogP contribution in [-0.4, -0.2) is 43.9 Å². The summed E-state index contributed by atoms with van der Waals surface area (Å²) in [5.41, 5.74) is 0.159. The van der Waals surface area contributed by atoms with Crippen LogP contribution >= 0.6 is 11.6 Å². The number of aliphatic hydroxyl groups excluding tert-OH is 1. The zero-order valence-electron chi connectivity index (χ0n) is 12.9. The van der Waals surface area contributed by atoms with Crippen LogP contribution in [0.1, 0.15) is 25.7 Å². The molecule has 1 aliphatic carbocycles. The molecule has 0 amide bonds. The van der Waals surface area contributed by atoms with Crippen molar-refractivity contribution in [2.45, 2.75) is 42.8 Å². The summed E-state index contributed by atoms with van der Waals surface area (Å²) in [4.78, 5) is 0. The van der Waals surface area contributed by atoms with E-state index in [0.29, 0.717) is 25.7 Å². The van der Waals surface area contributed by atoms with E-state index in [0.717, 1.165) is 12.1 Å². The van der Waals surface area contributed by atoms with E-state index in [2.05, 4.69) is 4.72 Å². The first kappa shape index (κ1) is 17.9. The maximum Gasteiger partial charge on any atom is 0.235 e. The van der Waals surface area contributed by atoms with Gasteiger partial charge in [-0.3, -0.25) is 4.72 Å². The van der Waals surface area contributed by atoms with E-state index in [1.54, 1.807) is 0 Å². The van der Waals surface area contributed by atoms with E-state index in [1.165, 1.54) is 6.07 Å². The van der Waals surface area contributed by atoms with Crippen molar-refractivity contribution in [1.29, 1.82) is 0 Å². The molecule has 24 heavy (non-hydrogen) atoms. The Morgan fingerprint density at radius 2 is 1.88 bits per heavy atom. The average Bonchev–Trinajstić information content (AvgIpc) is 2.54. The number of nitrogens with one attached hydrogen (secondary N) is 1. The zero-order chi connectivity index (χ0) is 17.4. The summed E-state index contributed by atoms with van der Waals surface area (Å²) in [6, 6.07) is 3.51. The van der Waals surface area contributed by atoms with Crippen LogP contribution in [0, 0.1) is 5.82 Å². The fourth-order valence-corrected chi connectivity index (χ4v) is 4.80. The summed E-state index contributed by atoms with van der Waals surface area (Å²) >= 11 is 5.87. The predicted molar refractivity (Wildman–Crippen MR) is 86.9 cm³/mol. The van der Waals surface area contributed by atoms with Crippen LogP contribution in [-0.2, 0) is 19.5 Å². The van der Waals surface area contributed by atoms with Gasteiger partial charge in [-0.1, -0.05) is 11.6 Å². The van der Waals surface area contributed by atoms with Gasteiger partial charge in [0.25, 0.3) is 0 Å². The van der Waals surface area contributed by atoms with Crippen LogP contribution in [0.4, 0.5) is 10.1 Å². The minimum absolute atomic E-state index is 0.0128. The van der Waals surface area contributed by atoms with Gasteiger partial charge in [0.2, 0.25) is 10.0 Å². The third-order valence-electron chi connectivity index (χ3n) is 4.39. The van der Waals surface area contributed by atoms with Gasteiger partial charge in [0, 0.05) is 12.8 Å². The third kappa shape index (κ3) is 3.83. The standard InChI is InChI=1S/C15H19ClFNO5S/c16-13-7-10(17)1-2-14(13)18-24(20,21)12-3-5-15(6-4-12)22-8-11(19)9-23-15/h1-2,7,11-12,18-19H,3-6,8-9H2. The molecular weight excluding hydrogens is 361 g/mol. The number of anilines is 1. The zero-order valence-corrected chi connectivity index (χ0v) is 14.4. The topological polar surface area (TPSA) is 84.9 Å². The molecule has 1 aromatic rings. The van der Waals surface area contributed by atoms with E-state index in [9.17, 15) is 17.9 Å². The van der Waals surface area contributed by atoms with Gasteiger partial charge < -0.3 is 14.6 Å². The Labute approximate surface area is 145 Å². The molecule has 1 heterocycles. The van der Waals surface area contributed by atoms with E-state index in [-0.39, 0.29) is 23.9 Å². The molecule has 0 radical (unpaired) electrons. The second kappa shape index (κ2) is 6.76. The predicted octanol–water partition coefficient (Wildman–Crippen LogP) is 2.27. The summed E-state index contributed by atoms with van der Waals surface area (Å²) in [5.74, 6) is -1.32. The minimum Gasteiger partial charge on any atom is -0.388 e. The van der Waals surface area contributed by atoms with Crippen molar-refractivity contribution in [1.82, 2.24) is 0 Å². The molecular formula is C15H19ClFNO5S. The van der Waals surface area contributed by atoms with Gasteiger partial charge in [0.15, 0.2) is 5.79 Å². The Balaban J connectivity index is 1.64. The molecule has 1 spiro atoms. The van der Waals surface area contributed by atoms with Gasteiger partial charge in [0.05, 0.1) is 29.2 Å². The second-order valence-corrected chi connectivity index (χ2v) is 8.53. The number of benzene rings is 1. The van der Waals surface area contributed by atoms with Crippen molar-refractivity contribution in [2.24, 2.45) is 0 Å². The molecule has 6 nitrogen and oxygen atoms in total. The Kier molecular flexibility index (Phi) is 5.04. The summed E-state index contributed by atoms with van der Waals surface area (Å²) in [6.07, 6.45) is 0.957. The lowest BCUT2D eigenvalue weighted by molar-refractivity contribution is -0.303. The van der Waals surface area contributed by atoms with Crippen LogP contribution < -0.4 is 4.72 Å². The minimum atomic E-state index is -3.66. The largest absolute Gasteiger partial charge is 0.388 e.